The predicted molar refractivity (Wildman–Crippen MR) is 44.4 cm³/mol. The number of hydrogen-bond acceptors (Lipinski definition) is 2. The Morgan fingerprint density at radius 2 is 2.36 bits per heavy atom. The van der Waals surface area contributed by atoms with E-state index in [2.05, 4.69) is 17.1 Å². The topological polar surface area (TPSA) is 32.3 Å². The molecule has 1 heterocycles. The van der Waals surface area contributed by atoms with Gasteiger partial charge >= 0.3 is 0 Å². The molecule has 1 aliphatic heterocycles. The van der Waals surface area contributed by atoms with Crippen molar-refractivity contribution in [2.75, 3.05) is 26.2 Å². The maximum Gasteiger partial charge on any atom is 0.221 e. The Morgan fingerprint density at radius 1 is 1.55 bits per heavy atom. The molecule has 0 aliphatic carbocycles. The molecule has 0 aromatic heterocycles. The van der Waals surface area contributed by atoms with E-state index in [1.165, 1.54) is 6.42 Å². The molecule has 0 saturated carbocycles. The van der Waals surface area contributed by atoms with Crippen LogP contribution in [-0.4, -0.2) is 37.0 Å². The zero-order valence-corrected chi connectivity index (χ0v) is 7.10. The molecule has 1 fully saturated rings. The second kappa shape index (κ2) is 4.34. The highest BCUT2D eigenvalue weighted by Gasteiger charge is 2.11. The van der Waals surface area contributed by atoms with Crippen LogP contribution in [0.25, 0.3) is 0 Å². The van der Waals surface area contributed by atoms with Gasteiger partial charge in [0.2, 0.25) is 5.91 Å². The van der Waals surface area contributed by atoms with Crippen LogP contribution in [0.3, 0.4) is 0 Å². The summed E-state index contributed by atoms with van der Waals surface area (Å²) in [5.74, 6) is 0.198. The number of carbonyl (C=O) groups excluding carboxylic acids is 1. The average molecular weight is 156 g/mol. The van der Waals surface area contributed by atoms with Gasteiger partial charge in [-0.25, -0.2) is 0 Å². The first-order chi connectivity index (χ1) is 5.33. The summed E-state index contributed by atoms with van der Waals surface area (Å²) < 4.78 is 0. The summed E-state index contributed by atoms with van der Waals surface area (Å²) in [6, 6.07) is 0. The highest BCUT2D eigenvalue weighted by molar-refractivity contribution is 5.76. The van der Waals surface area contributed by atoms with Gasteiger partial charge in [0.1, 0.15) is 0 Å². The minimum absolute atomic E-state index is 0.198. The van der Waals surface area contributed by atoms with E-state index in [0.717, 1.165) is 26.2 Å². The molecule has 0 atom stereocenters. The lowest BCUT2D eigenvalue weighted by molar-refractivity contribution is -0.120. The fourth-order valence-electron chi connectivity index (χ4n) is 1.35. The van der Waals surface area contributed by atoms with E-state index in [9.17, 15) is 4.79 Å². The maximum absolute atomic E-state index is 10.9. The van der Waals surface area contributed by atoms with E-state index in [-0.39, 0.29) is 5.91 Å². The number of amides is 1. The standard InChI is InChI=1S/C8H16N2O/c1-2-5-10-6-3-8(11)9-4-7-10/h2-7H2,1H3,(H,9,11). The first-order valence-electron chi connectivity index (χ1n) is 4.32. The van der Waals surface area contributed by atoms with Crippen molar-refractivity contribution < 1.29 is 4.79 Å². The molecule has 0 aromatic carbocycles. The normalized spacial score (nSPS) is 21.0. The highest BCUT2D eigenvalue weighted by atomic mass is 16.1. The van der Waals surface area contributed by atoms with Crippen LogP contribution in [0.4, 0.5) is 0 Å². The summed E-state index contributed by atoms with van der Waals surface area (Å²) >= 11 is 0. The van der Waals surface area contributed by atoms with Gasteiger partial charge in [0.05, 0.1) is 0 Å². The molecule has 1 rings (SSSR count). The predicted octanol–water partition coefficient (Wildman–Crippen LogP) is 0.218. The lowest BCUT2D eigenvalue weighted by Gasteiger charge is -2.16. The van der Waals surface area contributed by atoms with Crippen LogP contribution in [0.5, 0.6) is 0 Å². The Hall–Kier alpha value is -0.570. The summed E-state index contributed by atoms with van der Waals surface area (Å²) in [6.07, 6.45) is 1.84. The largest absolute Gasteiger partial charge is 0.355 e. The van der Waals surface area contributed by atoms with Crippen LogP contribution >= 0.6 is 0 Å². The molecular weight excluding hydrogens is 140 g/mol. The van der Waals surface area contributed by atoms with E-state index in [1.807, 2.05) is 0 Å². The second-order valence-electron chi connectivity index (χ2n) is 2.94. The van der Waals surface area contributed by atoms with E-state index >= 15 is 0 Å². The van der Waals surface area contributed by atoms with E-state index in [1.54, 1.807) is 0 Å². The van der Waals surface area contributed by atoms with Crippen LogP contribution in [0.1, 0.15) is 19.8 Å². The van der Waals surface area contributed by atoms with E-state index in [4.69, 9.17) is 0 Å². The molecule has 0 radical (unpaired) electrons. The Labute approximate surface area is 67.8 Å². The Morgan fingerprint density at radius 3 is 3.09 bits per heavy atom. The number of nitrogens with zero attached hydrogens (tertiary/aromatic N) is 1. The first-order valence-corrected chi connectivity index (χ1v) is 4.32. The third kappa shape index (κ3) is 2.89. The van der Waals surface area contributed by atoms with Crippen molar-refractivity contribution in [2.45, 2.75) is 19.8 Å². The van der Waals surface area contributed by atoms with Gasteiger partial charge in [-0.05, 0) is 13.0 Å². The Balaban J connectivity index is 2.28. The molecule has 0 bridgehead atoms. The molecular formula is C8H16N2O. The lowest BCUT2D eigenvalue weighted by Crippen LogP contribution is -2.29. The van der Waals surface area contributed by atoms with Gasteiger partial charge in [-0.3, -0.25) is 4.79 Å². The average Bonchev–Trinajstić information content (AvgIpc) is 2.17. The van der Waals surface area contributed by atoms with Gasteiger partial charge in [0.25, 0.3) is 0 Å². The monoisotopic (exact) mass is 156 g/mol. The number of hydrogen-bond donors (Lipinski definition) is 1. The number of carbonyl (C=O) groups is 1. The lowest BCUT2D eigenvalue weighted by atomic mass is 10.3. The minimum Gasteiger partial charge on any atom is -0.355 e. The maximum atomic E-state index is 10.9. The van der Waals surface area contributed by atoms with Crippen molar-refractivity contribution in [3.8, 4) is 0 Å². The van der Waals surface area contributed by atoms with Crippen LogP contribution in [0, 0.1) is 0 Å². The fraction of sp³-hybridized carbons (Fsp3) is 0.875. The van der Waals surface area contributed by atoms with Crippen LogP contribution in [0.15, 0.2) is 0 Å². The Bertz CT molecular complexity index is 136. The third-order valence-corrected chi connectivity index (χ3v) is 1.95. The van der Waals surface area contributed by atoms with Crippen molar-refractivity contribution in [3.63, 3.8) is 0 Å². The number of rotatable bonds is 2. The zero-order valence-electron chi connectivity index (χ0n) is 7.10. The van der Waals surface area contributed by atoms with Gasteiger partial charge in [0, 0.05) is 26.1 Å². The molecule has 11 heavy (non-hydrogen) atoms. The molecule has 0 spiro atoms. The van der Waals surface area contributed by atoms with Crippen LogP contribution < -0.4 is 5.32 Å². The van der Waals surface area contributed by atoms with Crippen LogP contribution in [0.2, 0.25) is 0 Å². The van der Waals surface area contributed by atoms with Crippen molar-refractivity contribution in [1.82, 2.24) is 10.2 Å². The third-order valence-electron chi connectivity index (χ3n) is 1.95. The van der Waals surface area contributed by atoms with Gasteiger partial charge in [0.15, 0.2) is 0 Å². The smallest absolute Gasteiger partial charge is 0.221 e. The SMILES string of the molecule is CCCN1CCNC(=O)CC1. The molecule has 1 N–H and O–H groups in total. The van der Waals surface area contributed by atoms with Crippen molar-refractivity contribution in [2.24, 2.45) is 0 Å². The van der Waals surface area contributed by atoms with E-state index < -0.39 is 0 Å². The van der Waals surface area contributed by atoms with Gasteiger partial charge < -0.3 is 10.2 Å². The molecule has 0 unspecified atom stereocenters. The highest BCUT2D eigenvalue weighted by Crippen LogP contribution is 1.96. The number of nitrogens with one attached hydrogen (secondary N) is 1. The van der Waals surface area contributed by atoms with Gasteiger partial charge in [-0.1, -0.05) is 6.92 Å². The second-order valence-corrected chi connectivity index (χ2v) is 2.94. The molecule has 3 nitrogen and oxygen atoms in total. The first kappa shape index (κ1) is 8.53. The summed E-state index contributed by atoms with van der Waals surface area (Å²) in [7, 11) is 0. The van der Waals surface area contributed by atoms with Crippen LogP contribution in [-0.2, 0) is 4.79 Å². The summed E-state index contributed by atoms with van der Waals surface area (Å²) in [6.45, 7) is 6.05. The molecule has 3 heteroatoms. The van der Waals surface area contributed by atoms with Crippen molar-refractivity contribution in [3.05, 3.63) is 0 Å². The summed E-state index contributed by atoms with van der Waals surface area (Å²) in [5, 5.41) is 2.85. The summed E-state index contributed by atoms with van der Waals surface area (Å²) in [5.41, 5.74) is 0. The van der Waals surface area contributed by atoms with Gasteiger partial charge in [-0.2, -0.15) is 0 Å². The zero-order chi connectivity index (χ0) is 8.10. The quantitative estimate of drug-likeness (QED) is 0.620. The molecule has 1 amide bonds. The molecule has 1 saturated heterocycles. The fourth-order valence-corrected chi connectivity index (χ4v) is 1.35. The molecule has 0 aromatic rings. The summed E-state index contributed by atoms with van der Waals surface area (Å²) in [4.78, 5) is 13.2. The van der Waals surface area contributed by atoms with Crippen molar-refractivity contribution >= 4 is 5.91 Å². The molecule has 1 aliphatic rings. The Kier molecular flexibility index (Phi) is 3.36. The van der Waals surface area contributed by atoms with E-state index in [0.29, 0.717) is 6.42 Å². The molecule has 64 valence electrons. The van der Waals surface area contributed by atoms with Gasteiger partial charge in [-0.15, -0.1) is 0 Å². The van der Waals surface area contributed by atoms with Crippen molar-refractivity contribution in [1.29, 1.82) is 0 Å². The minimum atomic E-state index is 0.198.